The lowest BCUT2D eigenvalue weighted by Gasteiger charge is -2.40. The zero-order chi connectivity index (χ0) is 27.7. The van der Waals surface area contributed by atoms with E-state index in [1.54, 1.807) is 6.20 Å². The molecule has 1 aliphatic heterocycles. The van der Waals surface area contributed by atoms with Crippen LogP contribution < -0.4 is 10.5 Å². The van der Waals surface area contributed by atoms with Gasteiger partial charge in [-0.05, 0) is 97.7 Å². The summed E-state index contributed by atoms with van der Waals surface area (Å²) in [5, 5.41) is 2.04. The number of anilines is 1. The van der Waals surface area contributed by atoms with E-state index in [-0.39, 0.29) is 23.9 Å². The Morgan fingerprint density at radius 3 is 2.60 bits per heavy atom. The van der Waals surface area contributed by atoms with Crippen molar-refractivity contribution >= 4 is 22.6 Å². The van der Waals surface area contributed by atoms with E-state index in [2.05, 4.69) is 53.2 Å². The molecule has 206 valence electrons. The van der Waals surface area contributed by atoms with Crippen LogP contribution >= 0.6 is 0 Å². The molecule has 0 radical (unpaired) electrons. The lowest BCUT2D eigenvalue weighted by atomic mass is 9.73. The normalized spacial score (nSPS) is 18.1. The number of para-hydroxylation sites is 1. The number of benzene rings is 3. The molecular weight excluding hydrogens is 498 g/mol. The van der Waals surface area contributed by atoms with Gasteiger partial charge in [0.1, 0.15) is 17.7 Å². The number of pyridine rings is 1. The fourth-order valence-electron chi connectivity index (χ4n) is 6.60. The van der Waals surface area contributed by atoms with Crippen molar-refractivity contribution in [3.8, 4) is 16.9 Å². The van der Waals surface area contributed by atoms with Gasteiger partial charge in [-0.2, -0.15) is 0 Å². The molecule has 1 fully saturated rings. The number of likely N-dealkylation sites (tertiary alicyclic amines) is 1. The van der Waals surface area contributed by atoms with Crippen LogP contribution in [0.5, 0.6) is 5.75 Å². The van der Waals surface area contributed by atoms with E-state index in [0.717, 1.165) is 72.1 Å². The van der Waals surface area contributed by atoms with Gasteiger partial charge in [-0.15, -0.1) is 0 Å². The summed E-state index contributed by atoms with van der Waals surface area (Å²) in [7, 11) is 0. The summed E-state index contributed by atoms with van der Waals surface area (Å²) in [6.45, 7) is 7.72. The van der Waals surface area contributed by atoms with Crippen molar-refractivity contribution in [3.63, 3.8) is 0 Å². The molecule has 6 heteroatoms. The number of hydrogen-bond donors (Lipinski definition) is 1. The molecule has 0 amide bonds. The average molecular weight is 536 g/mol. The molecule has 0 bridgehead atoms. The number of carbonyl (C=O) groups excluding carboxylic acids is 1. The Morgan fingerprint density at radius 2 is 1.80 bits per heavy atom. The largest absolute Gasteiger partial charge is 0.485 e. The Balaban J connectivity index is 1.38. The molecule has 6 rings (SSSR count). The van der Waals surface area contributed by atoms with E-state index in [1.165, 1.54) is 11.1 Å². The van der Waals surface area contributed by atoms with Gasteiger partial charge in [-0.25, -0.2) is 4.98 Å². The summed E-state index contributed by atoms with van der Waals surface area (Å²) in [6.07, 6.45) is 5.03. The van der Waals surface area contributed by atoms with Crippen LogP contribution in [0.25, 0.3) is 21.9 Å². The SMILES string of the molecule is CCOC(=O)Cc1ccccc1O[C@@H]1CC2(CCN(CC)CC2)c2ccc(-c3ccc4ccnc(N)c4c3)cc21. The number of esters is 1. The third kappa shape index (κ3) is 4.92. The summed E-state index contributed by atoms with van der Waals surface area (Å²) in [6, 6.07) is 23.1. The number of hydrogen-bond acceptors (Lipinski definition) is 6. The molecule has 0 saturated carbocycles. The monoisotopic (exact) mass is 535 g/mol. The first-order valence-corrected chi connectivity index (χ1v) is 14.4. The molecule has 1 aliphatic carbocycles. The second-order valence-electron chi connectivity index (χ2n) is 11.0. The molecule has 1 aromatic heterocycles. The third-order valence-electron chi connectivity index (χ3n) is 8.82. The molecule has 0 unspecified atom stereocenters. The first kappa shape index (κ1) is 26.3. The van der Waals surface area contributed by atoms with E-state index in [0.29, 0.717) is 12.4 Å². The molecular formula is C34H37N3O3. The quantitative estimate of drug-likeness (QED) is 0.274. The fourth-order valence-corrected chi connectivity index (χ4v) is 6.60. The second-order valence-corrected chi connectivity index (χ2v) is 11.0. The van der Waals surface area contributed by atoms with Gasteiger partial charge < -0.3 is 20.1 Å². The van der Waals surface area contributed by atoms with Crippen molar-refractivity contribution in [2.75, 3.05) is 32.0 Å². The predicted octanol–water partition coefficient (Wildman–Crippen LogP) is 6.47. The van der Waals surface area contributed by atoms with Gasteiger partial charge in [0.2, 0.25) is 0 Å². The minimum atomic E-state index is -0.235. The summed E-state index contributed by atoms with van der Waals surface area (Å²) in [4.78, 5) is 19.2. The van der Waals surface area contributed by atoms with Crippen LogP contribution in [-0.4, -0.2) is 42.1 Å². The van der Waals surface area contributed by atoms with Crippen molar-refractivity contribution in [2.45, 2.75) is 51.0 Å². The van der Waals surface area contributed by atoms with Crippen LogP contribution in [0.2, 0.25) is 0 Å². The summed E-state index contributed by atoms with van der Waals surface area (Å²) < 4.78 is 12.1. The third-order valence-corrected chi connectivity index (χ3v) is 8.82. The van der Waals surface area contributed by atoms with Gasteiger partial charge in [0.15, 0.2) is 0 Å². The second kappa shape index (κ2) is 10.9. The Hall–Kier alpha value is -3.90. The molecule has 2 aliphatic rings. The van der Waals surface area contributed by atoms with Gasteiger partial charge in [-0.1, -0.05) is 49.4 Å². The molecule has 6 nitrogen and oxygen atoms in total. The molecule has 1 atom stereocenters. The highest BCUT2D eigenvalue weighted by Crippen LogP contribution is 2.53. The smallest absolute Gasteiger partial charge is 0.310 e. The van der Waals surface area contributed by atoms with E-state index in [1.807, 2.05) is 37.3 Å². The molecule has 1 saturated heterocycles. The number of nitrogen functional groups attached to an aromatic ring is 1. The molecule has 2 N–H and O–H groups in total. The van der Waals surface area contributed by atoms with Crippen molar-refractivity contribution in [1.82, 2.24) is 9.88 Å². The highest BCUT2D eigenvalue weighted by molar-refractivity contribution is 5.94. The number of rotatable bonds is 7. The zero-order valence-electron chi connectivity index (χ0n) is 23.4. The molecule has 40 heavy (non-hydrogen) atoms. The zero-order valence-corrected chi connectivity index (χ0v) is 23.4. The van der Waals surface area contributed by atoms with Gasteiger partial charge in [0, 0.05) is 22.6 Å². The highest BCUT2D eigenvalue weighted by atomic mass is 16.5. The maximum absolute atomic E-state index is 12.3. The molecule has 3 aromatic carbocycles. The van der Waals surface area contributed by atoms with Gasteiger partial charge in [0.25, 0.3) is 0 Å². The topological polar surface area (TPSA) is 77.7 Å². The predicted molar refractivity (Wildman–Crippen MR) is 159 cm³/mol. The van der Waals surface area contributed by atoms with E-state index >= 15 is 0 Å². The van der Waals surface area contributed by atoms with Crippen LogP contribution in [0.15, 0.2) is 72.9 Å². The minimum absolute atomic E-state index is 0.0953. The van der Waals surface area contributed by atoms with Crippen LogP contribution in [0.1, 0.15) is 55.9 Å². The first-order valence-electron chi connectivity index (χ1n) is 14.4. The number of ether oxygens (including phenoxy) is 2. The summed E-state index contributed by atoms with van der Waals surface area (Å²) in [5.41, 5.74) is 12.1. The number of nitrogens with two attached hydrogens (primary N) is 1. The van der Waals surface area contributed by atoms with E-state index < -0.39 is 0 Å². The number of piperidine rings is 1. The van der Waals surface area contributed by atoms with Crippen molar-refractivity contribution in [3.05, 3.63) is 89.6 Å². The molecule has 1 spiro atoms. The van der Waals surface area contributed by atoms with Crippen molar-refractivity contribution in [2.24, 2.45) is 0 Å². The van der Waals surface area contributed by atoms with Gasteiger partial charge >= 0.3 is 5.97 Å². The first-order chi connectivity index (χ1) is 19.5. The minimum Gasteiger partial charge on any atom is -0.485 e. The van der Waals surface area contributed by atoms with Crippen LogP contribution in [-0.2, 0) is 21.4 Å². The standard InChI is InChI=1S/C34H37N3O3/c1-3-37-17-14-34(15-18-37)22-31(40-30-8-6-5-7-26(30)21-32(38)39-4-2)28-20-25(11-12-29(28)34)24-10-9-23-13-16-36-33(35)27(23)19-24/h5-13,16,19-20,31H,3-4,14-15,17-18,21-22H2,1-2H3,(H2,35,36)/t31-/m1/s1. The number of fused-ring (bicyclic) bond motifs is 3. The van der Waals surface area contributed by atoms with Crippen LogP contribution in [0.3, 0.4) is 0 Å². The Bertz CT molecular complexity index is 1540. The average Bonchev–Trinajstić information content (AvgIpc) is 3.26. The van der Waals surface area contributed by atoms with Crippen LogP contribution in [0.4, 0.5) is 5.82 Å². The Kier molecular flexibility index (Phi) is 7.20. The highest BCUT2D eigenvalue weighted by Gasteiger charge is 2.46. The summed E-state index contributed by atoms with van der Waals surface area (Å²) >= 11 is 0. The lowest BCUT2D eigenvalue weighted by molar-refractivity contribution is -0.142. The van der Waals surface area contributed by atoms with Gasteiger partial charge in [0.05, 0.1) is 13.0 Å². The van der Waals surface area contributed by atoms with E-state index in [9.17, 15) is 4.79 Å². The van der Waals surface area contributed by atoms with Crippen LogP contribution in [0, 0.1) is 0 Å². The molecule has 2 heterocycles. The Labute approximate surface area is 236 Å². The van der Waals surface area contributed by atoms with Gasteiger partial charge in [-0.3, -0.25) is 4.79 Å². The Morgan fingerprint density at radius 1 is 1.02 bits per heavy atom. The molecule has 4 aromatic rings. The fraction of sp³-hybridized carbons (Fsp3) is 0.353. The number of aromatic nitrogens is 1. The number of carbonyl (C=O) groups is 1. The maximum Gasteiger partial charge on any atom is 0.310 e. The van der Waals surface area contributed by atoms with Crippen molar-refractivity contribution < 1.29 is 14.3 Å². The van der Waals surface area contributed by atoms with E-state index in [4.69, 9.17) is 15.2 Å². The summed E-state index contributed by atoms with van der Waals surface area (Å²) in [5.74, 6) is 1.06. The number of nitrogens with zero attached hydrogens (tertiary/aromatic N) is 2. The van der Waals surface area contributed by atoms with Crippen molar-refractivity contribution in [1.29, 1.82) is 0 Å². The lowest BCUT2D eigenvalue weighted by Crippen LogP contribution is -2.41. The maximum atomic E-state index is 12.3.